The van der Waals surface area contributed by atoms with Gasteiger partial charge in [0.15, 0.2) is 0 Å². The summed E-state index contributed by atoms with van der Waals surface area (Å²) in [6.07, 6.45) is 8.54. The van der Waals surface area contributed by atoms with Crippen molar-refractivity contribution in [1.82, 2.24) is 0 Å². The van der Waals surface area contributed by atoms with E-state index in [2.05, 4.69) is 6.08 Å². The van der Waals surface area contributed by atoms with Crippen molar-refractivity contribution in [3.05, 3.63) is 12.2 Å². The molecule has 66 valence electrons. The highest BCUT2D eigenvalue weighted by Crippen LogP contribution is 2.42. The first-order valence-corrected chi connectivity index (χ1v) is 4.68. The first-order valence-electron chi connectivity index (χ1n) is 4.68. The molecule has 2 heteroatoms. The molecule has 1 N–H and O–H groups in total. The molecular weight excluding hydrogens is 152 g/mol. The largest absolute Gasteiger partial charge is 0.481 e. The number of carboxylic acids is 1. The Labute approximate surface area is 72.3 Å². The van der Waals surface area contributed by atoms with Crippen LogP contribution in [0.1, 0.15) is 25.7 Å². The number of allylic oxidation sites excluding steroid dienone is 2. The second-order valence-electron chi connectivity index (χ2n) is 3.87. The molecule has 0 spiro atoms. The monoisotopic (exact) mass is 166 g/mol. The number of rotatable bonds is 1. The van der Waals surface area contributed by atoms with E-state index < -0.39 is 5.97 Å². The van der Waals surface area contributed by atoms with Crippen molar-refractivity contribution < 1.29 is 9.90 Å². The van der Waals surface area contributed by atoms with Crippen LogP contribution in [0.5, 0.6) is 0 Å². The van der Waals surface area contributed by atoms with Gasteiger partial charge in [-0.25, -0.2) is 0 Å². The highest BCUT2D eigenvalue weighted by atomic mass is 16.4. The summed E-state index contributed by atoms with van der Waals surface area (Å²) in [5, 5.41) is 8.95. The Morgan fingerprint density at radius 3 is 3.00 bits per heavy atom. The number of carbonyl (C=O) groups is 1. The lowest BCUT2D eigenvalue weighted by Crippen LogP contribution is -2.27. The molecule has 0 amide bonds. The fraction of sp³-hybridized carbons (Fsp3) is 0.700. The summed E-state index contributed by atoms with van der Waals surface area (Å²) in [6, 6.07) is 0. The third kappa shape index (κ3) is 1.15. The lowest BCUT2D eigenvalue weighted by molar-refractivity contribution is -0.144. The van der Waals surface area contributed by atoms with Crippen molar-refractivity contribution in [2.45, 2.75) is 25.7 Å². The Morgan fingerprint density at radius 1 is 1.42 bits per heavy atom. The van der Waals surface area contributed by atoms with Crippen molar-refractivity contribution in [2.24, 2.45) is 17.8 Å². The van der Waals surface area contributed by atoms with Crippen molar-refractivity contribution in [2.75, 3.05) is 0 Å². The summed E-state index contributed by atoms with van der Waals surface area (Å²) in [7, 11) is 0. The van der Waals surface area contributed by atoms with E-state index in [-0.39, 0.29) is 5.92 Å². The summed E-state index contributed by atoms with van der Waals surface area (Å²) in [5.74, 6) is 0.311. The van der Waals surface area contributed by atoms with Crippen LogP contribution >= 0.6 is 0 Å². The highest BCUT2D eigenvalue weighted by Gasteiger charge is 2.37. The average molecular weight is 166 g/mol. The third-order valence-electron chi connectivity index (χ3n) is 3.23. The molecule has 2 nitrogen and oxygen atoms in total. The maximum atomic E-state index is 10.9. The van der Waals surface area contributed by atoms with Gasteiger partial charge >= 0.3 is 5.97 Å². The molecule has 1 saturated carbocycles. The van der Waals surface area contributed by atoms with Gasteiger partial charge in [0, 0.05) is 0 Å². The number of hydrogen-bond acceptors (Lipinski definition) is 1. The maximum Gasteiger partial charge on any atom is 0.307 e. The summed E-state index contributed by atoms with van der Waals surface area (Å²) in [4.78, 5) is 10.9. The van der Waals surface area contributed by atoms with Gasteiger partial charge in [-0.3, -0.25) is 4.79 Å². The number of aliphatic carboxylic acids is 1. The molecule has 0 saturated heterocycles. The van der Waals surface area contributed by atoms with Crippen LogP contribution in [0.3, 0.4) is 0 Å². The summed E-state index contributed by atoms with van der Waals surface area (Å²) in [6.45, 7) is 0. The molecule has 2 aliphatic rings. The number of hydrogen-bond donors (Lipinski definition) is 1. The van der Waals surface area contributed by atoms with E-state index >= 15 is 0 Å². The number of fused-ring (bicyclic) bond motifs is 1. The molecule has 2 rings (SSSR count). The Morgan fingerprint density at radius 2 is 2.25 bits per heavy atom. The standard InChI is InChI=1S/C10H14O2/c11-10(12)9-6-2-4-7-3-1-5-8(7)9/h2,4,7-9H,1,3,5-6H2,(H,11,12). The summed E-state index contributed by atoms with van der Waals surface area (Å²) < 4.78 is 0. The van der Waals surface area contributed by atoms with Gasteiger partial charge in [-0.15, -0.1) is 0 Å². The lowest BCUT2D eigenvalue weighted by Gasteiger charge is -2.26. The van der Waals surface area contributed by atoms with Gasteiger partial charge in [0.2, 0.25) is 0 Å². The summed E-state index contributed by atoms with van der Waals surface area (Å²) in [5.41, 5.74) is 0. The molecular formula is C10H14O2. The molecule has 3 atom stereocenters. The van der Waals surface area contributed by atoms with Gasteiger partial charge in [-0.05, 0) is 31.1 Å². The van der Waals surface area contributed by atoms with Crippen LogP contribution in [-0.4, -0.2) is 11.1 Å². The molecule has 0 aromatic rings. The Hall–Kier alpha value is -0.790. The second kappa shape index (κ2) is 2.92. The predicted molar refractivity (Wildman–Crippen MR) is 45.7 cm³/mol. The Balaban J connectivity index is 2.16. The van der Waals surface area contributed by atoms with Crippen molar-refractivity contribution in [3.63, 3.8) is 0 Å². The maximum absolute atomic E-state index is 10.9. The van der Waals surface area contributed by atoms with E-state index in [4.69, 9.17) is 5.11 Å². The zero-order valence-electron chi connectivity index (χ0n) is 7.07. The average Bonchev–Trinajstić information content (AvgIpc) is 2.49. The van der Waals surface area contributed by atoms with Crippen LogP contribution in [0.4, 0.5) is 0 Å². The molecule has 0 heterocycles. The van der Waals surface area contributed by atoms with E-state index in [0.717, 1.165) is 12.8 Å². The molecule has 0 aliphatic heterocycles. The zero-order chi connectivity index (χ0) is 8.55. The van der Waals surface area contributed by atoms with Crippen molar-refractivity contribution >= 4 is 5.97 Å². The van der Waals surface area contributed by atoms with Gasteiger partial charge in [0.1, 0.15) is 0 Å². The molecule has 0 aromatic carbocycles. The van der Waals surface area contributed by atoms with Gasteiger partial charge < -0.3 is 5.11 Å². The zero-order valence-corrected chi connectivity index (χ0v) is 7.07. The molecule has 12 heavy (non-hydrogen) atoms. The van der Waals surface area contributed by atoms with E-state index in [1.165, 1.54) is 12.8 Å². The SMILES string of the molecule is O=C(O)C1CC=CC2CCCC21. The molecule has 1 fully saturated rings. The van der Waals surface area contributed by atoms with E-state index in [0.29, 0.717) is 11.8 Å². The Bertz CT molecular complexity index is 220. The van der Waals surface area contributed by atoms with Crippen LogP contribution < -0.4 is 0 Å². The van der Waals surface area contributed by atoms with Gasteiger partial charge in [-0.1, -0.05) is 18.6 Å². The molecule has 0 bridgehead atoms. The van der Waals surface area contributed by atoms with Crippen LogP contribution in [0.15, 0.2) is 12.2 Å². The van der Waals surface area contributed by atoms with Crippen LogP contribution in [-0.2, 0) is 4.79 Å². The van der Waals surface area contributed by atoms with Gasteiger partial charge in [-0.2, -0.15) is 0 Å². The highest BCUT2D eigenvalue weighted by molar-refractivity contribution is 5.71. The van der Waals surface area contributed by atoms with E-state index in [1.54, 1.807) is 0 Å². The first-order chi connectivity index (χ1) is 5.79. The normalized spacial score (nSPS) is 39.5. The fourth-order valence-electron chi connectivity index (χ4n) is 2.61. The van der Waals surface area contributed by atoms with Crippen molar-refractivity contribution in [3.8, 4) is 0 Å². The minimum absolute atomic E-state index is 0.0949. The fourth-order valence-corrected chi connectivity index (χ4v) is 2.61. The topological polar surface area (TPSA) is 37.3 Å². The quantitative estimate of drug-likeness (QED) is 0.605. The minimum Gasteiger partial charge on any atom is -0.481 e. The van der Waals surface area contributed by atoms with E-state index in [1.807, 2.05) is 6.08 Å². The summed E-state index contributed by atoms with van der Waals surface area (Å²) >= 11 is 0. The third-order valence-corrected chi connectivity index (χ3v) is 3.23. The van der Waals surface area contributed by atoms with Crippen LogP contribution in [0.25, 0.3) is 0 Å². The number of carboxylic acid groups (broad SMARTS) is 1. The van der Waals surface area contributed by atoms with E-state index in [9.17, 15) is 4.79 Å². The Kier molecular flexibility index (Phi) is 1.91. The van der Waals surface area contributed by atoms with Crippen LogP contribution in [0, 0.1) is 17.8 Å². The van der Waals surface area contributed by atoms with Gasteiger partial charge in [0.05, 0.1) is 5.92 Å². The van der Waals surface area contributed by atoms with Gasteiger partial charge in [0.25, 0.3) is 0 Å². The molecule has 3 unspecified atom stereocenters. The predicted octanol–water partition coefficient (Wildman–Crippen LogP) is 2.06. The lowest BCUT2D eigenvalue weighted by atomic mass is 9.78. The van der Waals surface area contributed by atoms with Crippen molar-refractivity contribution in [1.29, 1.82) is 0 Å². The first kappa shape index (κ1) is 7.84. The molecule has 0 radical (unpaired) electrons. The minimum atomic E-state index is -0.601. The van der Waals surface area contributed by atoms with Crippen LogP contribution in [0.2, 0.25) is 0 Å². The smallest absolute Gasteiger partial charge is 0.307 e. The molecule has 0 aromatic heterocycles. The second-order valence-corrected chi connectivity index (χ2v) is 3.87. The molecule has 2 aliphatic carbocycles.